The Morgan fingerprint density at radius 3 is 2.79 bits per heavy atom. The molecule has 2 amide bonds. The van der Waals surface area contributed by atoms with Crippen LogP contribution in [0.2, 0.25) is 0 Å². The number of rotatable bonds is 5. The second-order valence-electron chi connectivity index (χ2n) is 5.41. The molecule has 0 aromatic heterocycles. The van der Waals surface area contributed by atoms with Gasteiger partial charge in [-0.3, -0.25) is 9.59 Å². The molecule has 1 aliphatic heterocycles. The lowest BCUT2D eigenvalue weighted by Crippen LogP contribution is -2.56. The molecule has 19 heavy (non-hydrogen) atoms. The van der Waals surface area contributed by atoms with Gasteiger partial charge in [0.25, 0.3) is 0 Å². The van der Waals surface area contributed by atoms with Crippen molar-refractivity contribution in [3.8, 4) is 0 Å². The highest BCUT2D eigenvalue weighted by molar-refractivity contribution is 7.80. The number of amides is 2. The molecule has 5 nitrogen and oxygen atoms in total. The Balaban J connectivity index is 1.98. The van der Waals surface area contributed by atoms with E-state index in [2.05, 4.69) is 17.9 Å². The van der Waals surface area contributed by atoms with Crippen LogP contribution in [0.4, 0.5) is 0 Å². The first kappa shape index (κ1) is 14.7. The largest absolute Gasteiger partial charge is 0.377 e. The molecule has 0 bridgehead atoms. The summed E-state index contributed by atoms with van der Waals surface area (Å²) in [6.07, 6.45) is 2.64. The highest BCUT2D eigenvalue weighted by Gasteiger charge is 2.45. The molecule has 0 radical (unpaired) electrons. The van der Waals surface area contributed by atoms with E-state index in [0.717, 1.165) is 18.6 Å². The van der Waals surface area contributed by atoms with Crippen LogP contribution in [0.5, 0.6) is 0 Å². The minimum absolute atomic E-state index is 0.0612. The van der Waals surface area contributed by atoms with Crippen molar-refractivity contribution in [2.24, 2.45) is 5.41 Å². The van der Waals surface area contributed by atoms with E-state index in [1.54, 1.807) is 4.90 Å². The topological polar surface area (TPSA) is 58.6 Å². The van der Waals surface area contributed by atoms with E-state index >= 15 is 0 Å². The maximum Gasteiger partial charge on any atom is 0.245 e. The number of hydrogen-bond acceptors (Lipinski definition) is 4. The minimum Gasteiger partial charge on any atom is -0.377 e. The molecule has 2 aliphatic rings. The number of morpholine rings is 1. The van der Waals surface area contributed by atoms with E-state index in [1.807, 2.05) is 6.92 Å². The van der Waals surface area contributed by atoms with Gasteiger partial charge in [0, 0.05) is 19.5 Å². The molecule has 2 fully saturated rings. The third kappa shape index (κ3) is 3.42. The number of nitrogens with zero attached hydrogens (tertiary/aromatic N) is 1. The molecule has 0 aromatic rings. The normalized spacial score (nSPS) is 24.9. The van der Waals surface area contributed by atoms with Crippen LogP contribution < -0.4 is 5.32 Å². The molecule has 1 heterocycles. The molecule has 1 aliphatic carbocycles. The lowest BCUT2D eigenvalue weighted by Gasteiger charge is -2.35. The molecule has 6 heteroatoms. The van der Waals surface area contributed by atoms with Crippen molar-refractivity contribution in [2.75, 3.05) is 32.1 Å². The van der Waals surface area contributed by atoms with Crippen molar-refractivity contribution < 1.29 is 14.3 Å². The zero-order valence-corrected chi connectivity index (χ0v) is 12.2. The van der Waals surface area contributed by atoms with Crippen molar-refractivity contribution in [2.45, 2.75) is 32.2 Å². The third-order valence-corrected chi connectivity index (χ3v) is 4.59. The Kier molecular flexibility index (Phi) is 4.73. The van der Waals surface area contributed by atoms with Crippen molar-refractivity contribution in [3.05, 3.63) is 0 Å². The van der Waals surface area contributed by atoms with Gasteiger partial charge in [0.2, 0.25) is 11.8 Å². The van der Waals surface area contributed by atoms with E-state index in [9.17, 15) is 9.59 Å². The zero-order valence-electron chi connectivity index (χ0n) is 11.4. The molecule has 1 unspecified atom stereocenters. The van der Waals surface area contributed by atoms with Crippen LogP contribution >= 0.6 is 12.6 Å². The van der Waals surface area contributed by atoms with Gasteiger partial charge in [-0.2, -0.15) is 12.6 Å². The molecule has 1 saturated heterocycles. The maximum absolute atomic E-state index is 12.4. The molecule has 1 atom stereocenters. The lowest BCUT2D eigenvalue weighted by atomic mass is 10.0. The average Bonchev–Trinajstić information content (AvgIpc) is 3.19. The summed E-state index contributed by atoms with van der Waals surface area (Å²) in [6.45, 7) is 3.75. The fourth-order valence-electron chi connectivity index (χ4n) is 2.40. The Hall–Kier alpha value is -0.750. The van der Waals surface area contributed by atoms with Gasteiger partial charge in [-0.05, 0) is 30.9 Å². The highest BCUT2D eigenvalue weighted by atomic mass is 32.1. The van der Waals surface area contributed by atoms with Crippen molar-refractivity contribution in [1.82, 2.24) is 10.2 Å². The summed E-state index contributed by atoms with van der Waals surface area (Å²) in [5.41, 5.74) is 0.0876. The van der Waals surface area contributed by atoms with Crippen molar-refractivity contribution >= 4 is 24.4 Å². The number of thiol groups is 1. The summed E-state index contributed by atoms with van der Waals surface area (Å²) < 4.78 is 5.33. The summed E-state index contributed by atoms with van der Waals surface area (Å²) in [4.78, 5) is 26.0. The van der Waals surface area contributed by atoms with Gasteiger partial charge < -0.3 is 15.0 Å². The highest BCUT2D eigenvalue weighted by Crippen LogP contribution is 2.49. The first-order valence-corrected chi connectivity index (χ1v) is 7.51. The number of carbonyl (C=O) groups excluding carboxylic acids is 2. The first-order valence-electron chi connectivity index (χ1n) is 6.88. The van der Waals surface area contributed by atoms with Crippen LogP contribution in [0, 0.1) is 5.41 Å². The molecule has 0 spiro atoms. The lowest BCUT2D eigenvalue weighted by molar-refractivity contribution is -0.149. The van der Waals surface area contributed by atoms with Gasteiger partial charge in [0.1, 0.15) is 6.04 Å². The fourth-order valence-corrected chi connectivity index (χ4v) is 2.83. The second-order valence-corrected chi connectivity index (χ2v) is 5.72. The number of likely N-dealkylation sites (N-methyl/N-ethyl adjacent to an activating group) is 1. The summed E-state index contributed by atoms with van der Waals surface area (Å²) in [7, 11) is 0. The van der Waals surface area contributed by atoms with Crippen LogP contribution in [0.3, 0.4) is 0 Å². The van der Waals surface area contributed by atoms with Crippen LogP contribution in [0.15, 0.2) is 0 Å². The fraction of sp³-hybridized carbons (Fsp3) is 0.846. The zero-order chi connectivity index (χ0) is 13.9. The molecular weight excluding hydrogens is 264 g/mol. The van der Waals surface area contributed by atoms with Gasteiger partial charge >= 0.3 is 0 Å². The van der Waals surface area contributed by atoms with E-state index in [-0.39, 0.29) is 17.2 Å². The van der Waals surface area contributed by atoms with Crippen LogP contribution in [0.1, 0.15) is 26.2 Å². The minimum atomic E-state index is -0.475. The summed E-state index contributed by atoms with van der Waals surface area (Å²) in [6, 6.07) is -0.475. The van der Waals surface area contributed by atoms with E-state index < -0.39 is 6.04 Å². The Morgan fingerprint density at radius 2 is 2.21 bits per heavy atom. The number of ether oxygens (including phenoxy) is 1. The standard InChI is InChI=1S/C13H22N2O3S/c1-2-14-12(17)10-8-18-6-5-15(10)11(16)7-13(9-19)3-4-13/h10,19H,2-9H2,1H3,(H,14,17). The second kappa shape index (κ2) is 6.13. The van der Waals surface area contributed by atoms with Gasteiger partial charge in [-0.15, -0.1) is 0 Å². The van der Waals surface area contributed by atoms with Crippen LogP contribution in [0.25, 0.3) is 0 Å². The molecule has 1 saturated carbocycles. The van der Waals surface area contributed by atoms with Crippen molar-refractivity contribution in [3.63, 3.8) is 0 Å². The number of nitrogens with one attached hydrogen (secondary N) is 1. The summed E-state index contributed by atoms with van der Waals surface area (Å²) in [5, 5.41) is 2.76. The van der Waals surface area contributed by atoms with Gasteiger partial charge in [0.05, 0.1) is 13.2 Å². The molecule has 108 valence electrons. The number of carbonyl (C=O) groups is 2. The van der Waals surface area contributed by atoms with Crippen LogP contribution in [-0.4, -0.2) is 54.8 Å². The van der Waals surface area contributed by atoms with Crippen LogP contribution in [-0.2, 0) is 14.3 Å². The maximum atomic E-state index is 12.4. The van der Waals surface area contributed by atoms with Crippen molar-refractivity contribution in [1.29, 1.82) is 0 Å². The number of hydrogen-bond donors (Lipinski definition) is 2. The van der Waals surface area contributed by atoms with E-state index in [0.29, 0.717) is 32.7 Å². The SMILES string of the molecule is CCNC(=O)C1COCCN1C(=O)CC1(CS)CC1. The molecule has 1 N–H and O–H groups in total. The Bertz CT molecular complexity index is 358. The Morgan fingerprint density at radius 1 is 1.47 bits per heavy atom. The summed E-state index contributed by atoms with van der Waals surface area (Å²) >= 11 is 4.32. The molecule has 2 rings (SSSR count). The van der Waals surface area contributed by atoms with Gasteiger partial charge in [-0.25, -0.2) is 0 Å². The predicted octanol–water partition coefficient (Wildman–Crippen LogP) is 0.450. The van der Waals surface area contributed by atoms with Gasteiger partial charge in [-0.1, -0.05) is 0 Å². The Labute approximate surface area is 119 Å². The smallest absolute Gasteiger partial charge is 0.245 e. The monoisotopic (exact) mass is 286 g/mol. The third-order valence-electron chi connectivity index (χ3n) is 3.92. The average molecular weight is 286 g/mol. The first-order chi connectivity index (χ1) is 9.12. The van der Waals surface area contributed by atoms with E-state index in [4.69, 9.17) is 4.74 Å². The quantitative estimate of drug-likeness (QED) is 0.722. The molecule has 0 aromatic carbocycles. The molecular formula is C13H22N2O3S. The predicted molar refractivity (Wildman–Crippen MR) is 75.1 cm³/mol. The van der Waals surface area contributed by atoms with E-state index in [1.165, 1.54) is 0 Å². The van der Waals surface area contributed by atoms with Gasteiger partial charge in [0.15, 0.2) is 0 Å². The summed E-state index contributed by atoms with van der Waals surface area (Å²) in [5.74, 6) is 0.687.